The van der Waals surface area contributed by atoms with Crippen LogP contribution in [0.4, 0.5) is 13.2 Å². The number of benzene rings is 1. The zero-order chi connectivity index (χ0) is 12.2. The predicted octanol–water partition coefficient (Wildman–Crippen LogP) is 2.25. The van der Waals surface area contributed by atoms with Gasteiger partial charge >= 0.3 is 6.18 Å². The molecule has 5 heteroatoms. The van der Waals surface area contributed by atoms with Crippen molar-refractivity contribution >= 4 is 0 Å². The number of nitrogens with two attached hydrogens (primary N) is 1. The van der Waals surface area contributed by atoms with Gasteiger partial charge in [0.15, 0.2) is 0 Å². The van der Waals surface area contributed by atoms with Gasteiger partial charge in [-0.2, -0.15) is 13.2 Å². The van der Waals surface area contributed by atoms with Crippen LogP contribution in [0.5, 0.6) is 0 Å². The maximum Gasteiger partial charge on any atom is 0.393 e. The van der Waals surface area contributed by atoms with Crippen LogP contribution in [-0.2, 0) is 0 Å². The molecular weight excluding hydrogens is 219 g/mol. The molecule has 0 bridgehead atoms. The minimum Gasteiger partial charge on any atom is -0.388 e. The lowest BCUT2D eigenvalue weighted by Gasteiger charge is -2.21. The molecule has 1 aromatic carbocycles. The van der Waals surface area contributed by atoms with E-state index in [4.69, 9.17) is 5.73 Å². The molecule has 90 valence electrons. The molecule has 0 heterocycles. The van der Waals surface area contributed by atoms with Crippen LogP contribution in [0, 0.1) is 5.92 Å². The van der Waals surface area contributed by atoms with Crippen molar-refractivity contribution in [1.82, 2.24) is 0 Å². The normalized spacial score (nSPS) is 15.8. The van der Waals surface area contributed by atoms with E-state index < -0.39 is 31.2 Å². The van der Waals surface area contributed by atoms with Gasteiger partial charge in [0.05, 0.1) is 12.0 Å². The summed E-state index contributed by atoms with van der Waals surface area (Å²) >= 11 is 0. The Morgan fingerprint density at radius 3 is 2.19 bits per heavy atom. The smallest absolute Gasteiger partial charge is 0.388 e. The van der Waals surface area contributed by atoms with E-state index >= 15 is 0 Å². The monoisotopic (exact) mass is 233 g/mol. The van der Waals surface area contributed by atoms with Crippen LogP contribution in [0.15, 0.2) is 30.3 Å². The molecule has 16 heavy (non-hydrogen) atoms. The number of hydrogen-bond acceptors (Lipinski definition) is 2. The molecule has 0 saturated heterocycles. The number of aliphatic hydroxyl groups is 1. The molecule has 0 amide bonds. The first-order chi connectivity index (χ1) is 7.45. The molecule has 3 N–H and O–H groups in total. The number of rotatable bonds is 4. The number of halogens is 3. The SMILES string of the molecule is NC[C@@H](C[C@@H](O)c1ccccc1)C(F)(F)F. The van der Waals surface area contributed by atoms with Gasteiger partial charge in [0.1, 0.15) is 0 Å². The van der Waals surface area contributed by atoms with Crippen molar-refractivity contribution in [2.45, 2.75) is 18.7 Å². The summed E-state index contributed by atoms with van der Waals surface area (Å²) in [6.07, 6.45) is -5.88. The van der Waals surface area contributed by atoms with Crippen LogP contribution < -0.4 is 5.73 Å². The number of hydrogen-bond donors (Lipinski definition) is 2. The van der Waals surface area contributed by atoms with Gasteiger partial charge in [-0.25, -0.2) is 0 Å². The van der Waals surface area contributed by atoms with Crippen molar-refractivity contribution in [2.75, 3.05) is 6.54 Å². The number of alkyl halides is 3. The summed E-state index contributed by atoms with van der Waals surface area (Å²) in [5.41, 5.74) is 5.53. The summed E-state index contributed by atoms with van der Waals surface area (Å²) < 4.78 is 37.2. The maximum atomic E-state index is 12.4. The molecule has 0 aromatic heterocycles. The van der Waals surface area contributed by atoms with Gasteiger partial charge in [-0.1, -0.05) is 30.3 Å². The Hall–Kier alpha value is -1.07. The molecule has 2 atom stereocenters. The van der Waals surface area contributed by atoms with Gasteiger partial charge in [-0.15, -0.1) is 0 Å². The number of aliphatic hydroxyl groups excluding tert-OH is 1. The van der Waals surface area contributed by atoms with Gasteiger partial charge in [0.25, 0.3) is 0 Å². The molecule has 0 aliphatic rings. The van der Waals surface area contributed by atoms with Crippen LogP contribution in [0.3, 0.4) is 0 Å². The Morgan fingerprint density at radius 2 is 1.75 bits per heavy atom. The van der Waals surface area contributed by atoms with Gasteiger partial charge in [-0.05, 0) is 12.0 Å². The molecule has 0 aliphatic heterocycles. The van der Waals surface area contributed by atoms with E-state index in [1.54, 1.807) is 30.3 Å². The van der Waals surface area contributed by atoms with Crippen LogP contribution >= 0.6 is 0 Å². The van der Waals surface area contributed by atoms with Gasteiger partial charge < -0.3 is 10.8 Å². The topological polar surface area (TPSA) is 46.2 Å². The van der Waals surface area contributed by atoms with E-state index in [1.165, 1.54) is 0 Å². The standard InChI is InChI=1S/C11H14F3NO/c12-11(13,14)9(7-15)6-10(16)8-4-2-1-3-5-8/h1-5,9-10,16H,6-7,15H2/t9-,10-/m1/s1. The molecule has 0 aliphatic carbocycles. The summed E-state index contributed by atoms with van der Waals surface area (Å²) in [6, 6.07) is 8.26. The lowest BCUT2D eigenvalue weighted by atomic mass is 9.96. The van der Waals surface area contributed by atoms with E-state index in [0.717, 1.165) is 0 Å². The fourth-order valence-corrected chi connectivity index (χ4v) is 1.44. The first-order valence-electron chi connectivity index (χ1n) is 4.95. The maximum absolute atomic E-state index is 12.4. The molecule has 1 rings (SSSR count). The van der Waals surface area contributed by atoms with Crippen molar-refractivity contribution in [1.29, 1.82) is 0 Å². The highest BCUT2D eigenvalue weighted by Crippen LogP contribution is 2.32. The lowest BCUT2D eigenvalue weighted by Crippen LogP contribution is -2.31. The largest absolute Gasteiger partial charge is 0.393 e. The molecular formula is C11H14F3NO. The lowest BCUT2D eigenvalue weighted by molar-refractivity contribution is -0.179. The van der Waals surface area contributed by atoms with Crippen molar-refractivity contribution in [3.05, 3.63) is 35.9 Å². The Balaban J connectivity index is 2.67. The zero-order valence-electron chi connectivity index (χ0n) is 8.61. The second-order valence-electron chi connectivity index (χ2n) is 3.64. The summed E-state index contributed by atoms with van der Waals surface area (Å²) in [5.74, 6) is -1.66. The fraction of sp³-hybridized carbons (Fsp3) is 0.455. The van der Waals surface area contributed by atoms with E-state index in [-0.39, 0.29) is 0 Å². The van der Waals surface area contributed by atoms with Crippen LogP contribution in [-0.4, -0.2) is 17.8 Å². The minimum atomic E-state index is -4.36. The predicted molar refractivity (Wildman–Crippen MR) is 54.6 cm³/mol. The molecule has 0 saturated carbocycles. The highest BCUT2D eigenvalue weighted by Gasteiger charge is 2.39. The molecule has 2 nitrogen and oxygen atoms in total. The molecule has 0 fully saturated rings. The van der Waals surface area contributed by atoms with Crippen molar-refractivity contribution in [3.8, 4) is 0 Å². The van der Waals surface area contributed by atoms with Crippen LogP contribution in [0.1, 0.15) is 18.1 Å². The van der Waals surface area contributed by atoms with Gasteiger partial charge in [0, 0.05) is 6.54 Å². The Bertz CT molecular complexity index is 313. The first kappa shape index (κ1) is 13.0. The zero-order valence-corrected chi connectivity index (χ0v) is 8.61. The van der Waals surface area contributed by atoms with Gasteiger partial charge in [0.2, 0.25) is 0 Å². The van der Waals surface area contributed by atoms with E-state index in [9.17, 15) is 18.3 Å². The van der Waals surface area contributed by atoms with Crippen molar-refractivity contribution < 1.29 is 18.3 Å². The Kier molecular flexibility index (Phi) is 4.32. The van der Waals surface area contributed by atoms with Crippen LogP contribution in [0.25, 0.3) is 0 Å². The average Bonchev–Trinajstić information content (AvgIpc) is 2.25. The van der Waals surface area contributed by atoms with E-state index in [2.05, 4.69) is 0 Å². The third-order valence-electron chi connectivity index (χ3n) is 2.44. The summed E-state index contributed by atoms with van der Waals surface area (Å²) in [7, 11) is 0. The molecule has 0 spiro atoms. The van der Waals surface area contributed by atoms with Crippen molar-refractivity contribution in [2.24, 2.45) is 11.7 Å². The summed E-state index contributed by atoms with van der Waals surface area (Å²) in [6.45, 7) is -0.507. The van der Waals surface area contributed by atoms with E-state index in [1.807, 2.05) is 0 Å². The third-order valence-corrected chi connectivity index (χ3v) is 2.44. The molecule has 0 radical (unpaired) electrons. The molecule has 1 aromatic rings. The quantitative estimate of drug-likeness (QED) is 0.837. The fourth-order valence-electron chi connectivity index (χ4n) is 1.44. The third kappa shape index (κ3) is 3.50. The average molecular weight is 233 g/mol. The minimum absolute atomic E-state index is 0.399. The highest BCUT2D eigenvalue weighted by molar-refractivity contribution is 5.17. The first-order valence-corrected chi connectivity index (χ1v) is 4.95. The molecule has 0 unspecified atom stereocenters. The Morgan fingerprint density at radius 1 is 1.19 bits per heavy atom. The van der Waals surface area contributed by atoms with Gasteiger partial charge in [-0.3, -0.25) is 0 Å². The van der Waals surface area contributed by atoms with Crippen molar-refractivity contribution in [3.63, 3.8) is 0 Å². The highest BCUT2D eigenvalue weighted by atomic mass is 19.4. The Labute approximate surface area is 91.9 Å². The summed E-state index contributed by atoms with van der Waals surface area (Å²) in [5, 5.41) is 9.63. The summed E-state index contributed by atoms with van der Waals surface area (Å²) in [4.78, 5) is 0. The van der Waals surface area contributed by atoms with E-state index in [0.29, 0.717) is 5.56 Å². The second-order valence-corrected chi connectivity index (χ2v) is 3.64. The van der Waals surface area contributed by atoms with Crippen LogP contribution in [0.2, 0.25) is 0 Å². The second kappa shape index (κ2) is 5.32.